The average Bonchev–Trinajstić information content (AvgIpc) is 2.47. The fourth-order valence-electron chi connectivity index (χ4n) is 1.63. The molecule has 0 atom stereocenters. The molecule has 0 amide bonds. The molecule has 2 rings (SSSR count). The summed E-state index contributed by atoms with van der Waals surface area (Å²) in [5.74, 6) is 0.697. The molecule has 0 fully saturated rings. The molecular formula is C15H12N2O2. The van der Waals surface area contributed by atoms with Gasteiger partial charge in [-0.15, -0.1) is 0 Å². The first-order valence-corrected chi connectivity index (χ1v) is 5.72. The van der Waals surface area contributed by atoms with Crippen molar-refractivity contribution >= 4 is 6.21 Å². The molecule has 1 N–H and O–H groups in total. The van der Waals surface area contributed by atoms with Crippen molar-refractivity contribution in [2.45, 2.75) is 6.61 Å². The fourth-order valence-corrected chi connectivity index (χ4v) is 1.63. The number of ether oxygens (including phenoxy) is 1. The molecule has 0 radical (unpaired) electrons. The molecule has 19 heavy (non-hydrogen) atoms. The van der Waals surface area contributed by atoms with Crippen LogP contribution in [0.25, 0.3) is 0 Å². The van der Waals surface area contributed by atoms with Crippen LogP contribution in [0.15, 0.2) is 53.7 Å². The Hall–Kier alpha value is -2.80. The van der Waals surface area contributed by atoms with E-state index in [1.807, 2.05) is 18.2 Å². The van der Waals surface area contributed by atoms with E-state index in [4.69, 9.17) is 15.2 Å². The van der Waals surface area contributed by atoms with Crippen molar-refractivity contribution < 1.29 is 9.94 Å². The van der Waals surface area contributed by atoms with E-state index in [1.165, 1.54) is 6.21 Å². The number of hydrogen-bond acceptors (Lipinski definition) is 4. The molecule has 0 bridgehead atoms. The zero-order valence-corrected chi connectivity index (χ0v) is 10.2. The zero-order valence-electron chi connectivity index (χ0n) is 10.2. The Morgan fingerprint density at radius 1 is 1.16 bits per heavy atom. The first-order valence-electron chi connectivity index (χ1n) is 5.72. The van der Waals surface area contributed by atoms with Crippen molar-refractivity contribution in [1.29, 1.82) is 5.26 Å². The Kier molecular flexibility index (Phi) is 4.14. The molecule has 0 spiro atoms. The van der Waals surface area contributed by atoms with Gasteiger partial charge in [0, 0.05) is 5.56 Å². The Labute approximate surface area is 111 Å². The summed E-state index contributed by atoms with van der Waals surface area (Å²) in [6, 6.07) is 16.6. The Bertz CT molecular complexity index is 613. The molecule has 4 nitrogen and oxygen atoms in total. The maximum Gasteiger partial charge on any atom is 0.119 e. The molecule has 0 aliphatic heterocycles. The maximum absolute atomic E-state index is 8.97. The molecule has 0 saturated heterocycles. The second kappa shape index (κ2) is 6.22. The third-order valence-electron chi connectivity index (χ3n) is 2.62. The summed E-state index contributed by atoms with van der Waals surface area (Å²) in [6.07, 6.45) is 1.34. The van der Waals surface area contributed by atoms with Crippen molar-refractivity contribution in [1.82, 2.24) is 0 Å². The second-order valence-electron chi connectivity index (χ2n) is 3.87. The summed E-state index contributed by atoms with van der Waals surface area (Å²) >= 11 is 0. The summed E-state index contributed by atoms with van der Waals surface area (Å²) in [5.41, 5.74) is 2.25. The van der Waals surface area contributed by atoms with Gasteiger partial charge in [0.1, 0.15) is 12.4 Å². The highest BCUT2D eigenvalue weighted by atomic mass is 16.5. The lowest BCUT2D eigenvalue weighted by Gasteiger charge is -2.07. The molecule has 94 valence electrons. The smallest absolute Gasteiger partial charge is 0.119 e. The van der Waals surface area contributed by atoms with Gasteiger partial charge in [-0.1, -0.05) is 23.4 Å². The van der Waals surface area contributed by atoms with Crippen LogP contribution in [0, 0.1) is 11.3 Å². The zero-order chi connectivity index (χ0) is 13.5. The molecule has 0 aromatic heterocycles. The molecule has 0 aliphatic rings. The van der Waals surface area contributed by atoms with Crippen LogP contribution in [0.2, 0.25) is 0 Å². The first kappa shape index (κ1) is 12.7. The van der Waals surface area contributed by atoms with Gasteiger partial charge >= 0.3 is 0 Å². The van der Waals surface area contributed by atoms with Crippen LogP contribution in [-0.2, 0) is 6.61 Å². The number of hydrogen-bond donors (Lipinski definition) is 1. The number of benzene rings is 2. The van der Waals surface area contributed by atoms with Crippen molar-refractivity contribution in [3.63, 3.8) is 0 Å². The average molecular weight is 252 g/mol. The second-order valence-corrected chi connectivity index (χ2v) is 3.87. The van der Waals surface area contributed by atoms with Crippen LogP contribution in [0.4, 0.5) is 0 Å². The molecule has 0 unspecified atom stereocenters. The SMILES string of the molecule is N#Cc1ccccc1COc1ccc(/C=N\O)cc1. The summed E-state index contributed by atoms with van der Waals surface area (Å²) in [5, 5.41) is 20.3. The summed E-state index contributed by atoms with van der Waals surface area (Å²) < 4.78 is 5.61. The third-order valence-corrected chi connectivity index (χ3v) is 2.62. The predicted molar refractivity (Wildman–Crippen MR) is 71.3 cm³/mol. The van der Waals surface area contributed by atoms with Gasteiger partial charge in [0.25, 0.3) is 0 Å². The van der Waals surface area contributed by atoms with E-state index in [0.717, 1.165) is 11.1 Å². The minimum absolute atomic E-state index is 0.344. The lowest BCUT2D eigenvalue weighted by Crippen LogP contribution is -1.98. The van der Waals surface area contributed by atoms with Crippen LogP contribution in [-0.4, -0.2) is 11.4 Å². The molecule has 0 heterocycles. The quantitative estimate of drug-likeness (QED) is 0.517. The van der Waals surface area contributed by atoms with Gasteiger partial charge in [0.15, 0.2) is 0 Å². The van der Waals surface area contributed by atoms with Gasteiger partial charge < -0.3 is 9.94 Å². The molecule has 4 heteroatoms. The lowest BCUT2D eigenvalue weighted by molar-refractivity contribution is 0.306. The van der Waals surface area contributed by atoms with Gasteiger partial charge in [0.05, 0.1) is 17.8 Å². The van der Waals surface area contributed by atoms with Crippen molar-refractivity contribution in [2.75, 3.05) is 0 Å². The van der Waals surface area contributed by atoms with Crippen LogP contribution in [0.1, 0.15) is 16.7 Å². The molecule has 0 aliphatic carbocycles. The van der Waals surface area contributed by atoms with E-state index >= 15 is 0 Å². The van der Waals surface area contributed by atoms with E-state index in [-0.39, 0.29) is 0 Å². The monoisotopic (exact) mass is 252 g/mol. The normalized spacial score (nSPS) is 10.3. The first-order chi connectivity index (χ1) is 9.33. The van der Waals surface area contributed by atoms with Crippen LogP contribution in [0.3, 0.4) is 0 Å². The topological polar surface area (TPSA) is 65.6 Å². The molecule has 0 saturated carbocycles. The third kappa shape index (κ3) is 3.33. The maximum atomic E-state index is 8.97. The highest BCUT2D eigenvalue weighted by Crippen LogP contribution is 2.15. The van der Waals surface area contributed by atoms with Crippen LogP contribution < -0.4 is 4.74 Å². The van der Waals surface area contributed by atoms with Crippen LogP contribution >= 0.6 is 0 Å². The van der Waals surface area contributed by atoms with Crippen molar-refractivity contribution in [2.24, 2.45) is 5.16 Å². The number of rotatable bonds is 4. The van der Waals surface area contributed by atoms with E-state index < -0.39 is 0 Å². The van der Waals surface area contributed by atoms with Gasteiger partial charge in [-0.2, -0.15) is 5.26 Å². The van der Waals surface area contributed by atoms with Gasteiger partial charge in [0.2, 0.25) is 0 Å². The van der Waals surface area contributed by atoms with Gasteiger partial charge in [-0.25, -0.2) is 0 Å². The fraction of sp³-hybridized carbons (Fsp3) is 0.0667. The van der Waals surface area contributed by atoms with Gasteiger partial charge in [-0.05, 0) is 35.9 Å². The molecular weight excluding hydrogens is 240 g/mol. The van der Waals surface area contributed by atoms with Crippen molar-refractivity contribution in [3.05, 3.63) is 65.2 Å². The number of oxime groups is 1. The Morgan fingerprint density at radius 3 is 2.58 bits per heavy atom. The minimum atomic E-state index is 0.344. The minimum Gasteiger partial charge on any atom is -0.489 e. The standard InChI is InChI=1S/C15H12N2O2/c16-9-13-3-1-2-4-14(13)11-19-15-7-5-12(6-8-15)10-17-18/h1-8,10,18H,11H2/b17-10-. The Balaban J connectivity index is 2.04. The molecule has 2 aromatic carbocycles. The largest absolute Gasteiger partial charge is 0.489 e. The van der Waals surface area contributed by atoms with E-state index in [2.05, 4.69) is 11.2 Å². The number of nitriles is 1. The summed E-state index contributed by atoms with van der Waals surface area (Å²) in [4.78, 5) is 0. The highest BCUT2D eigenvalue weighted by molar-refractivity contribution is 5.79. The van der Waals surface area contributed by atoms with Crippen LogP contribution in [0.5, 0.6) is 5.75 Å². The van der Waals surface area contributed by atoms with Gasteiger partial charge in [-0.3, -0.25) is 0 Å². The molecule has 2 aromatic rings. The Morgan fingerprint density at radius 2 is 1.89 bits per heavy atom. The predicted octanol–water partition coefficient (Wildman–Crippen LogP) is 2.95. The van der Waals surface area contributed by atoms with Crippen molar-refractivity contribution in [3.8, 4) is 11.8 Å². The summed E-state index contributed by atoms with van der Waals surface area (Å²) in [7, 11) is 0. The summed E-state index contributed by atoms with van der Waals surface area (Å²) in [6.45, 7) is 0.344. The van der Waals surface area contributed by atoms with E-state index in [1.54, 1.807) is 30.3 Å². The lowest BCUT2D eigenvalue weighted by atomic mass is 10.1. The van der Waals surface area contributed by atoms with E-state index in [0.29, 0.717) is 17.9 Å². The van der Waals surface area contributed by atoms with E-state index in [9.17, 15) is 0 Å². The highest BCUT2D eigenvalue weighted by Gasteiger charge is 2.01. The number of nitrogens with zero attached hydrogens (tertiary/aromatic N) is 2.